The van der Waals surface area contributed by atoms with Crippen molar-refractivity contribution in [2.24, 2.45) is 0 Å². The van der Waals surface area contributed by atoms with E-state index in [0.717, 1.165) is 24.6 Å². The van der Waals surface area contributed by atoms with E-state index < -0.39 is 16.7 Å². The Kier molecular flexibility index (Phi) is 7.06. The second kappa shape index (κ2) is 9.28. The van der Waals surface area contributed by atoms with Gasteiger partial charge in [-0.2, -0.15) is 13.2 Å². The number of nitrogens with one attached hydrogen (secondary N) is 1. The first-order chi connectivity index (χ1) is 13.2. The molecule has 0 fully saturated rings. The molecule has 0 atom stereocenters. The van der Waals surface area contributed by atoms with Gasteiger partial charge in [-0.1, -0.05) is 18.5 Å². The van der Waals surface area contributed by atoms with Crippen molar-refractivity contribution >= 4 is 17.3 Å². The maximum absolute atomic E-state index is 12.7. The number of hydrogen-bond donors (Lipinski definition) is 1. The molecule has 6 nitrogen and oxygen atoms in total. The highest BCUT2D eigenvalue weighted by Gasteiger charge is 2.31. The van der Waals surface area contributed by atoms with Gasteiger partial charge in [-0.3, -0.25) is 10.1 Å². The summed E-state index contributed by atoms with van der Waals surface area (Å²) in [6.45, 7) is 2.59. The molecule has 0 aliphatic rings. The van der Waals surface area contributed by atoms with Crippen molar-refractivity contribution in [3.05, 3.63) is 67.5 Å². The van der Waals surface area contributed by atoms with E-state index in [4.69, 9.17) is 16.3 Å². The maximum atomic E-state index is 12.7. The number of halogens is 4. The standard InChI is InChI=1S/C18H15ClF3N3O3/c1-2-7-23-11-24-10-12-8-14(4-5-16(12)25(26)27)28-17-6-3-13(9-15(17)19)18(20,21)22/h3-6,8-9H,2,7,10H2,1H3/p+1. The molecule has 2 rings (SSSR count). The van der Waals surface area contributed by atoms with E-state index in [9.17, 15) is 23.3 Å². The van der Waals surface area contributed by atoms with Crippen molar-refractivity contribution in [3.8, 4) is 17.7 Å². The minimum Gasteiger partial charge on any atom is -0.456 e. The summed E-state index contributed by atoms with van der Waals surface area (Å²) < 4.78 is 43.6. The molecule has 0 amide bonds. The molecule has 0 bridgehead atoms. The molecule has 0 radical (unpaired) electrons. The third-order valence-corrected chi connectivity index (χ3v) is 3.80. The van der Waals surface area contributed by atoms with E-state index in [0.29, 0.717) is 12.1 Å². The minimum atomic E-state index is -4.52. The topological polar surface area (TPSA) is 68.8 Å². The van der Waals surface area contributed by atoms with E-state index >= 15 is 0 Å². The summed E-state index contributed by atoms with van der Waals surface area (Å²) in [5.74, 6) is 0.188. The summed E-state index contributed by atoms with van der Waals surface area (Å²) in [5, 5.41) is 13.7. The van der Waals surface area contributed by atoms with Gasteiger partial charge in [0.1, 0.15) is 18.0 Å². The maximum Gasteiger partial charge on any atom is 0.416 e. The average molecular weight is 415 g/mol. The van der Waals surface area contributed by atoms with Gasteiger partial charge in [0.2, 0.25) is 0 Å². The predicted octanol–water partition coefficient (Wildman–Crippen LogP) is 5.85. The Balaban J connectivity index is 2.23. The van der Waals surface area contributed by atoms with Crippen LogP contribution in [0, 0.1) is 16.3 Å². The zero-order valence-electron chi connectivity index (χ0n) is 14.7. The number of benzene rings is 2. The predicted molar refractivity (Wildman–Crippen MR) is 98.9 cm³/mol. The molecule has 0 heterocycles. The fourth-order valence-corrected chi connectivity index (χ4v) is 2.41. The van der Waals surface area contributed by atoms with Gasteiger partial charge in [-0.25, -0.2) is 10.2 Å². The Morgan fingerprint density at radius 1 is 1.29 bits per heavy atom. The van der Waals surface area contributed by atoms with Gasteiger partial charge in [-0.15, -0.1) is 0 Å². The van der Waals surface area contributed by atoms with Crippen LogP contribution in [0.5, 0.6) is 11.5 Å². The van der Waals surface area contributed by atoms with Crippen LogP contribution in [-0.4, -0.2) is 11.5 Å². The van der Waals surface area contributed by atoms with Crippen molar-refractivity contribution in [1.82, 2.24) is 5.32 Å². The first-order valence-electron chi connectivity index (χ1n) is 8.18. The highest BCUT2D eigenvalue weighted by Crippen LogP contribution is 2.37. The van der Waals surface area contributed by atoms with E-state index in [1.165, 1.54) is 18.2 Å². The second-order valence-corrected chi connectivity index (χ2v) is 6.05. The van der Waals surface area contributed by atoms with Crippen LogP contribution >= 0.6 is 11.6 Å². The van der Waals surface area contributed by atoms with Crippen molar-refractivity contribution in [3.63, 3.8) is 0 Å². The molecule has 10 heteroatoms. The monoisotopic (exact) mass is 414 g/mol. The Hall–Kier alpha value is -2.99. The molecule has 0 spiro atoms. The molecule has 148 valence electrons. The minimum absolute atomic E-state index is 0.00139. The highest BCUT2D eigenvalue weighted by molar-refractivity contribution is 6.32. The molecule has 0 aliphatic carbocycles. The van der Waals surface area contributed by atoms with E-state index in [-0.39, 0.29) is 28.8 Å². The number of nitrogens with zero attached hydrogens (tertiary/aromatic N) is 2. The number of nitro groups is 1. The lowest BCUT2D eigenvalue weighted by atomic mass is 10.1. The Morgan fingerprint density at radius 2 is 2.04 bits per heavy atom. The van der Waals surface area contributed by atoms with E-state index in [1.54, 1.807) is 0 Å². The Morgan fingerprint density at radius 3 is 2.64 bits per heavy atom. The molecule has 28 heavy (non-hydrogen) atoms. The summed E-state index contributed by atoms with van der Waals surface area (Å²) >= 11 is 5.87. The normalized spacial score (nSPS) is 10.8. The molecular formula is C18H16ClF3N3O3+. The molecule has 2 aromatic carbocycles. The van der Waals surface area contributed by atoms with Gasteiger partial charge in [0.15, 0.2) is 6.54 Å². The van der Waals surface area contributed by atoms with Crippen LogP contribution in [-0.2, 0) is 12.7 Å². The van der Waals surface area contributed by atoms with Gasteiger partial charge in [0.05, 0.1) is 21.1 Å². The lowest BCUT2D eigenvalue weighted by Gasteiger charge is -2.11. The number of ether oxygens (including phenoxy) is 1. The molecule has 0 aliphatic heterocycles. The molecule has 1 N–H and O–H groups in total. The van der Waals surface area contributed by atoms with Crippen LogP contribution in [0.15, 0.2) is 36.4 Å². The zero-order valence-corrected chi connectivity index (χ0v) is 15.5. The van der Waals surface area contributed by atoms with Gasteiger partial charge in [-0.05, 0) is 36.8 Å². The van der Waals surface area contributed by atoms with Gasteiger partial charge in [0.25, 0.3) is 5.69 Å². The first kappa shape index (κ1) is 21.3. The van der Waals surface area contributed by atoms with Crippen LogP contribution in [0.25, 0.3) is 4.85 Å². The van der Waals surface area contributed by atoms with Crippen molar-refractivity contribution in [2.75, 3.05) is 6.54 Å². The number of alkyl halides is 3. The summed E-state index contributed by atoms with van der Waals surface area (Å²) in [6.07, 6.45) is -1.10. The van der Waals surface area contributed by atoms with Crippen molar-refractivity contribution in [2.45, 2.75) is 26.1 Å². The molecular weight excluding hydrogens is 399 g/mol. The van der Waals surface area contributed by atoms with Crippen LogP contribution in [0.3, 0.4) is 0 Å². The molecule has 0 unspecified atom stereocenters. The summed E-state index contributed by atoms with van der Waals surface area (Å²) in [4.78, 5) is 14.6. The molecule has 0 aromatic heterocycles. The van der Waals surface area contributed by atoms with Gasteiger partial charge in [0, 0.05) is 6.07 Å². The highest BCUT2D eigenvalue weighted by atomic mass is 35.5. The van der Waals surface area contributed by atoms with E-state index in [2.05, 4.69) is 16.4 Å². The van der Waals surface area contributed by atoms with Crippen LogP contribution in [0.4, 0.5) is 18.9 Å². The largest absolute Gasteiger partial charge is 0.456 e. The zero-order chi connectivity index (χ0) is 20.7. The average Bonchev–Trinajstić information content (AvgIpc) is 2.62. The smallest absolute Gasteiger partial charge is 0.416 e. The SMILES string of the molecule is CCC[N+]#CNCc1cc(Oc2ccc(C(F)(F)F)cc2Cl)ccc1[N+](=O)[O-]. The quantitative estimate of drug-likeness (QED) is 0.278. The summed E-state index contributed by atoms with van der Waals surface area (Å²) in [5.41, 5.74) is -0.749. The molecule has 0 saturated carbocycles. The number of nitro benzene ring substituents is 1. The lowest BCUT2D eigenvalue weighted by Crippen LogP contribution is -2.08. The second-order valence-electron chi connectivity index (χ2n) is 5.64. The Labute approximate surface area is 163 Å². The summed E-state index contributed by atoms with van der Waals surface area (Å²) in [6, 6.07) is 6.67. The number of hydrogen-bond acceptors (Lipinski definition) is 4. The van der Waals surface area contributed by atoms with Crippen molar-refractivity contribution < 1.29 is 22.8 Å². The first-order valence-corrected chi connectivity index (χ1v) is 8.56. The van der Waals surface area contributed by atoms with Crippen molar-refractivity contribution in [1.29, 1.82) is 0 Å². The van der Waals surface area contributed by atoms with Gasteiger partial charge < -0.3 is 4.74 Å². The Bertz CT molecular complexity index is 924. The van der Waals surface area contributed by atoms with Crippen LogP contribution in [0.1, 0.15) is 24.5 Å². The van der Waals surface area contributed by atoms with Gasteiger partial charge >= 0.3 is 12.4 Å². The van der Waals surface area contributed by atoms with Crippen LogP contribution in [0.2, 0.25) is 5.02 Å². The fraction of sp³-hybridized carbons (Fsp3) is 0.278. The molecule has 2 aromatic rings. The molecule has 0 saturated heterocycles. The fourth-order valence-electron chi connectivity index (χ4n) is 2.19. The third-order valence-electron chi connectivity index (χ3n) is 3.51. The lowest BCUT2D eigenvalue weighted by molar-refractivity contribution is -0.385. The third kappa shape index (κ3) is 5.76. The summed E-state index contributed by atoms with van der Waals surface area (Å²) in [7, 11) is 0. The van der Waals surface area contributed by atoms with Crippen LogP contribution < -0.4 is 10.1 Å². The van der Waals surface area contributed by atoms with E-state index in [1.807, 2.05) is 6.92 Å². The number of rotatable bonds is 6.